The van der Waals surface area contributed by atoms with Crippen molar-refractivity contribution in [1.82, 2.24) is 20.0 Å². The summed E-state index contributed by atoms with van der Waals surface area (Å²) < 4.78 is 0. The fourth-order valence-electron chi connectivity index (χ4n) is 3.28. The van der Waals surface area contributed by atoms with Gasteiger partial charge in [0.2, 0.25) is 11.8 Å². The first-order valence-electron chi connectivity index (χ1n) is 9.82. The van der Waals surface area contributed by atoms with Gasteiger partial charge in [-0.25, -0.2) is 0 Å². The topological polar surface area (TPSA) is 55.9 Å². The molecule has 0 unspecified atom stereocenters. The standard InChI is InChI=1S/C21H34N4O2/c1-16(2)22-21(27)18(4)23(5)15-20(26)25-11-9-24(10-12-25)14-19-8-6-7-17(3)13-19/h6-8,13,16,18H,9-12,14-15H2,1-5H3,(H,22,27)/t18-/m0/s1. The first-order valence-corrected chi connectivity index (χ1v) is 9.82. The number of aryl methyl sites for hydroxylation is 1. The third kappa shape index (κ3) is 6.63. The molecule has 0 radical (unpaired) electrons. The number of likely N-dealkylation sites (N-methyl/N-ethyl adjacent to an activating group) is 1. The Morgan fingerprint density at radius 1 is 1.15 bits per heavy atom. The average molecular weight is 375 g/mol. The van der Waals surface area contributed by atoms with E-state index in [0.29, 0.717) is 0 Å². The van der Waals surface area contributed by atoms with Crippen molar-refractivity contribution >= 4 is 11.8 Å². The summed E-state index contributed by atoms with van der Waals surface area (Å²) in [6.45, 7) is 12.3. The summed E-state index contributed by atoms with van der Waals surface area (Å²) in [6.07, 6.45) is 0. The number of amides is 2. The molecule has 1 aromatic rings. The van der Waals surface area contributed by atoms with Crippen LogP contribution >= 0.6 is 0 Å². The van der Waals surface area contributed by atoms with Gasteiger partial charge in [-0.1, -0.05) is 29.8 Å². The lowest BCUT2D eigenvalue weighted by Gasteiger charge is -2.36. The van der Waals surface area contributed by atoms with Crippen LogP contribution in [0.25, 0.3) is 0 Å². The minimum absolute atomic E-state index is 0.0386. The number of carbonyl (C=O) groups is 2. The summed E-state index contributed by atoms with van der Waals surface area (Å²) in [5.74, 6) is 0.0557. The minimum Gasteiger partial charge on any atom is -0.353 e. The molecule has 1 N–H and O–H groups in total. The fourth-order valence-corrected chi connectivity index (χ4v) is 3.28. The molecule has 0 aromatic heterocycles. The van der Waals surface area contributed by atoms with E-state index in [9.17, 15) is 9.59 Å². The van der Waals surface area contributed by atoms with E-state index in [1.807, 2.05) is 37.6 Å². The summed E-state index contributed by atoms with van der Waals surface area (Å²) in [6, 6.07) is 8.36. The maximum atomic E-state index is 12.6. The van der Waals surface area contributed by atoms with Crippen LogP contribution in [-0.2, 0) is 16.1 Å². The summed E-state index contributed by atoms with van der Waals surface area (Å²) >= 11 is 0. The van der Waals surface area contributed by atoms with Crippen molar-refractivity contribution in [3.05, 3.63) is 35.4 Å². The maximum Gasteiger partial charge on any atom is 0.237 e. The van der Waals surface area contributed by atoms with Gasteiger partial charge in [-0.05, 0) is 40.3 Å². The highest BCUT2D eigenvalue weighted by Crippen LogP contribution is 2.11. The van der Waals surface area contributed by atoms with Crippen LogP contribution in [0.5, 0.6) is 0 Å². The normalized spacial score (nSPS) is 16.6. The molecular formula is C21H34N4O2. The van der Waals surface area contributed by atoms with Gasteiger partial charge in [0.25, 0.3) is 0 Å². The average Bonchev–Trinajstić information content (AvgIpc) is 2.61. The first-order chi connectivity index (χ1) is 12.8. The second kappa shape index (κ2) is 9.85. The summed E-state index contributed by atoms with van der Waals surface area (Å²) in [7, 11) is 1.83. The predicted molar refractivity (Wildman–Crippen MR) is 108 cm³/mol. The molecule has 6 heteroatoms. The number of carbonyl (C=O) groups excluding carboxylic acids is 2. The van der Waals surface area contributed by atoms with E-state index in [4.69, 9.17) is 0 Å². The number of nitrogens with zero attached hydrogens (tertiary/aromatic N) is 3. The minimum atomic E-state index is -0.320. The highest BCUT2D eigenvalue weighted by Gasteiger charge is 2.25. The summed E-state index contributed by atoms with van der Waals surface area (Å²) in [5.41, 5.74) is 2.60. The van der Waals surface area contributed by atoms with Crippen LogP contribution in [0.15, 0.2) is 24.3 Å². The Labute approximate surface area is 163 Å². The number of hydrogen-bond donors (Lipinski definition) is 1. The zero-order valence-corrected chi connectivity index (χ0v) is 17.4. The highest BCUT2D eigenvalue weighted by molar-refractivity contribution is 5.83. The van der Waals surface area contributed by atoms with E-state index < -0.39 is 0 Å². The molecule has 0 saturated carbocycles. The van der Waals surface area contributed by atoms with E-state index in [0.717, 1.165) is 32.7 Å². The number of benzene rings is 1. The third-order valence-corrected chi connectivity index (χ3v) is 5.07. The Morgan fingerprint density at radius 2 is 1.81 bits per heavy atom. The summed E-state index contributed by atoms with van der Waals surface area (Å²) in [5, 5.41) is 2.90. The van der Waals surface area contributed by atoms with Gasteiger partial charge in [-0.2, -0.15) is 0 Å². The number of rotatable bonds is 7. The van der Waals surface area contributed by atoms with Crippen molar-refractivity contribution in [1.29, 1.82) is 0 Å². The fraction of sp³-hybridized carbons (Fsp3) is 0.619. The van der Waals surface area contributed by atoms with Crippen molar-refractivity contribution in [2.45, 2.75) is 46.3 Å². The molecule has 0 aliphatic carbocycles. The molecule has 2 rings (SSSR count). The van der Waals surface area contributed by atoms with Crippen LogP contribution in [0.4, 0.5) is 0 Å². The molecule has 1 fully saturated rings. The lowest BCUT2D eigenvalue weighted by Crippen LogP contribution is -2.53. The lowest BCUT2D eigenvalue weighted by atomic mass is 10.1. The SMILES string of the molecule is Cc1cccc(CN2CCN(C(=O)CN(C)[C@@H](C)C(=O)NC(C)C)CC2)c1. The van der Waals surface area contributed by atoms with Crippen molar-refractivity contribution in [2.24, 2.45) is 0 Å². The highest BCUT2D eigenvalue weighted by atomic mass is 16.2. The van der Waals surface area contributed by atoms with Gasteiger partial charge in [-0.3, -0.25) is 19.4 Å². The van der Waals surface area contributed by atoms with Gasteiger partial charge in [0.1, 0.15) is 0 Å². The van der Waals surface area contributed by atoms with Crippen molar-refractivity contribution < 1.29 is 9.59 Å². The smallest absolute Gasteiger partial charge is 0.237 e. The van der Waals surface area contributed by atoms with Gasteiger partial charge in [-0.15, -0.1) is 0 Å². The zero-order chi connectivity index (χ0) is 20.0. The molecule has 1 atom stereocenters. The van der Waals surface area contributed by atoms with E-state index in [1.54, 1.807) is 0 Å². The molecule has 1 aliphatic heterocycles. The largest absolute Gasteiger partial charge is 0.353 e. The van der Waals surface area contributed by atoms with Crippen LogP contribution < -0.4 is 5.32 Å². The number of hydrogen-bond acceptors (Lipinski definition) is 4. The van der Waals surface area contributed by atoms with Crippen molar-refractivity contribution in [2.75, 3.05) is 39.8 Å². The second-order valence-corrected chi connectivity index (χ2v) is 7.90. The Morgan fingerprint density at radius 3 is 2.41 bits per heavy atom. The number of piperazine rings is 1. The molecule has 0 spiro atoms. The van der Waals surface area contributed by atoms with E-state index in [-0.39, 0.29) is 30.4 Å². The van der Waals surface area contributed by atoms with Crippen LogP contribution in [0.2, 0.25) is 0 Å². The predicted octanol–water partition coefficient (Wildman–Crippen LogP) is 1.48. The second-order valence-electron chi connectivity index (χ2n) is 7.90. The van der Waals surface area contributed by atoms with E-state index in [2.05, 4.69) is 41.4 Å². The molecule has 1 aromatic carbocycles. The van der Waals surface area contributed by atoms with Gasteiger partial charge in [0.05, 0.1) is 12.6 Å². The molecular weight excluding hydrogens is 340 g/mol. The zero-order valence-electron chi connectivity index (χ0n) is 17.4. The van der Waals surface area contributed by atoms with Gasteiger partial charge >= 0.3 is 0 Å². The molecule has 27 heavy (non-hydrogen) atoms. The van der Waals surface area contributed by atoms with Gasteiger partial charge in [0, 0.05) is 38.8 Å². The van der Waals surface area contributed by atoms with E-state index in [1.165, 1.54) is 11.1 Å². The molecule has 1 aliphatic rings. The van der Waals surface area contributed by atoms with Crippen LogP contribution in [0.3, 0.4) is 0 Å². The van der Waals surface area contributed by atoms with Gasteiger partial charge < -0.3 is 10.2 Å². The molecule has 2 amide bonds. The Bertz CT molecular complexity index is 639. The number of nitrogens with one attached hydrogen (secondary N) is 1. The van der Waals surface area contributed by atoms with Crippen LogP contribution in [0, 0.1) is 6.92 Å². The quantitative estimate of drug-likeness (QED) is 0.786. The third-order valence-electron chi connectivity index (χ3n) is 5.07. The van der Waals surface area contributed by atoms with Gasteiger partial charge in [0.15, 0.2) is 0 Å². The monoisotopic (exact) mass is 374 g/mol. The van der Waals surface area contributed by atoms with E-state index >= 15 is 0 Å². The van der Waals surface area contributed by atoms with Crippen molar-refractivity contribution in [3.8, 4) is 0 Å². The molecule has 1 saturated heterocycles. The van der Waals surface area contributed by atoms with Crippen LogP contribution in [-0.4, -0.2) is 78.4 Å². The van der Waals surface area contributed by atoms with Crippen LogP contribution in [0.1, 0.15) is 31.9 Å². The molecule has 1 heterocycles. The first kappa shape index (κ1) is 21.4. The molecule has 6 nitrogen and oxygen atoms in total. The molecule has 150 valence electrons. The lowest BCUT2D eigenvalue weighted by molar-refractivity contribution is -0.135. The molecule has 0 bridgehead atoms. The Kier molecular flexibility index (Phi) is 7.80. The maximum absolute atomic E-state index is 12.6. The van der Waals surface area contributed by atoms with Crippen molar-refractivity contribution in [3.63, 3.8) is 0 Å². The summed E-state index contributed by atoms with van der Waals surface area (Å²) in [4.78, 5) is 30.8. The Hall–Kier alpha value is -1.92. The Balaban J connectivity index is 1.78.